The minimum absolute atomic E-state index is 0. The Labute approximate surface area is 135 Å². The van der Waals surface area contributed by atoms with Gasteiger partial charge in [0.25, 0.3) is 0 Å². The summed E-state index contributed by atoms with van der Waals surface area (Å²) in [5.41, 5.74) is 1.11. The van der Waals surface area contributed by atoms with Crippen molar-refractivity contribution in [1.29, 1.82) is 0 Å². The summed E-state index contributed by atoms with van der Waals surface area (Å²) in [6.07, 6.45) is 0.377. The fraction of sp³-hybridized carbons (Fsp3) is 0.533. The molecule has 1 atom stereocenters. The van der Waals surface area contributed by atoms with Gasteiger partial charge in [0.2, 0.25) is 5.91 Å². The summed E-state index contributed by atoms with van der Waals surface area (Å²) in [6, 6.07) is 5.89. The lowest BCUT2D eigenvalue weighted by molar-refractivity contribution is -0.134. The normalized spacial score (nSPS) is 19.9. The predicted octanol–water partition coefficient (Wildman–Crippen LogP) is 0.527. The average Bonchev–Trinajstić information content (AvgIpc) is 2.55. The molecule has 0 spiro atoms. The number of hydrogen-bond acceptors (Lipinski definition) is 5. The Kier molecular flexibility index (Phi) is 6.30. The molecule has 2 aliphatic rings. The minimum atomic E-state index is -0.376. The first-order chi connectivity index (χ1) is 10.3. The van der Waals surface area contributed by atoms with Gasteiger partial charge >= 0.3 is 0 Å². The Hall–Kier alpha value is -1.50. The number of hydrogen-bond donors (Lipinski definition) is 2. The number of nitrogens with one attached hydrogen (secondary N) is 2. The van der Waals surface area contributed by atoms with Crippen molar-refractivity contribution >= 4 is 18.3 Å². The monoisotopic (exact) mass is 328 g/mol. The molecule has 0 radical (unpaired) electrons. The molecule has 3 rings (SSSR count). The molecule has 6 nitrogen and oxygen atoms in total. The maximum absolute atomic E-state index is 11.9. The average molecular weight is 329 g/mol. The van der Waals surface area contributed by atoms with E-state index in [4.69, 9.17) is 14.2 Å². The zero-order valence-corrected chi connectivity index (χ0v) is 13.1. The molecule has 0 saturated carbocycles. The van der Waals surface area contributed by atoms with Crippen LogP contribution in [0.5, 0.6) is 11.5 Å². The van der Waals surface area contributed by atoms with Crippen LogP contribution >= 0.6 is 12.4 Å². The highest BCUT2D eigenvalue weighted by atomic mass is 35.5. The Bertz CT molecular complexity index is 506. The van der Waals surface area contributed by atoms with Gasteiger partial charge in [-0.3, -0.25) is 4.79 Å². The highest BCUT2D eigenvalue weighted by Crippen LogP contribution is 2.30. The van der Waals surface area contributed by atoms with E-state index in [1.807, 2.05) is 18.2 Å². The molecule has 1 aromatic rings. The van der Waals surface area contributed by atoms with E-state index < -0.39 is 0 Å². The first-order valence-corrected chi connectivity index (χ1v) is 7.31. The van der Waals surface area contributed by atoms with E-state index in [9.17, 15) is 4.79 Å². The molecule has 2 N–H and O–H groups in total. The summed E-state index contributed by atoms with van der Waals surface area (Å²) in [4.78, 5) is 11.9. The molecule has 1 amide bonds. The third-order valence-corrected chi connectivity index (χ3v) is 3.54. The highest BCUT2D eigenvalue weighted by Gasteiger charge is 2.21. The molecule has 7 heteroatoms. The van der Waals surface area contributed by atoms with Crippen LogP contribution in [0.3, 0.4) is 0 Å². The van der Waals surface area contributed by atoms with E-state index in [2.05, 4.69) is 10.6 Å². The van der Waals surface area contributed by atoms with Crippen LogP contribution in [-0.2, 0) is 16.0 Å². The van der Waals surface area contributed by atoms with Gasteiger partial charge in [0.1, 0.15) is 19.3 Å². The molecular weight excluding hydrogens is 308 g/mol. The molecule has 0 bridgehead atoms. The van der Waals surface area contributed by atoms with Gasteiger partial charge in [0.15, 0.2) is 11.5 Å². The number of rotatable bonds is 4. The number of amides is 1. The Morgan fingerprint density at radius 1 is 1.23 bits per heavy atom. The van der Waals surface area contributed by atoms with Gasteiger partial charge in [-0.2, -0.15) is 0 Å². The molecule has 22 heavy (non-hydrogen) atoms. The van der Waals surface area contributed by atoms with Crippen molar-refractivity contribution < 1.29 is 19.0 Å². The molecule has 1 fully saturated rings. The smallest absolute Gasteiger partial charge is 0.250 e. The maximum Gasteiger partial charge on any atom is 0.250 e. The van der Waals surface area contributed by atoms with Crippen LogP contribution in [-0.4, -0.2) is 51.5 Å². The highest BCUT2D eigenvalue weighted by molar-refractivity contribution is 5.85. The minimum Gasteiger partial charge on any atom is -0.486 e. The Morgan fingerprint density at radius 2 is 2.05 bits per heavy atom. The number of carbonyl (C=O) groups excluding carboxylic acids is 1. The Balaban J connectivity index is 0.00000176. The van der Waals surface area contributed by atoms with Gasteiger partial charge in [-0.25, -0.2) is 0 Å². The largest absolute Gasteiger partial charge is 0.486 e. The van der Waals surface area contributed by atoms with Crippen molar-refractivity contribution in [2.24, 2.45) is 0 Å². The second-order valence-corrected chi connectivity index (χ2v) is 5.08. The van der Waals surface area contributed by atoms with Gasteiger partial charge < -0.3 is 24.8 Å². The summed E-state index contributed by atoms with van der Waals surface area (Å²) in [6.45, 7) is 3.73. The van der Waals surface area contributed by atoms with E-state index >= 15 is 0 Å². The summed E-state index contributed by atoms with van der Waals surface area (Å²) in [5, 5.41) is 6.05. The lowest BCUT2D eigenvalue weighted by Crippen LogP contribution is -2.48. The molecule has 122 valence electrons. The van der Waals surface area contributed by atoms with Crippen molar-refractivity contribution in [3.8, 4) is 11.5 Å². The van der Waals surface area contributed by atoms with Crippen molar-refractivity contribution in [3.05, 3.63) is 23.8 Å². The zero-order chi connectivity index (χ0) is 14.5. The number of benzene rings is 1. The maximum atomic E-state index is 11.9. The van der Waals surface area contributed by atoms with Crippen molar-refractivity contribution in [2.75, 3.05) is 39.5 Å². The van der Waals surface area contributed by atoms with E-state index in [0.29, 0.717) is 32.9 Å². The van der Waals surface area contributed by atoms with Gasteiger partial charge in [-0.05, 0) is 24.1 Å². The molecule has 1 aromatic carbocycles. The molecule has 2 aliphatic heterocycles. The standard InChI is InChI=1S/C15H20N2O4.ClH/c18-15(14-10-16-5-6-19-14)17-4-3-11-1-2-12-13(9-11)21-8-7-20-12;/h1-2,9,14,16H,3-8,10H2,(H,17,18);1H. The lowest BCUT2D eigenvalue weighted by atomic mass is 10.1. The van der Waals surface area contributed by atoms with Crippen LogP contribution < -0.4 is 20.1 Å². The van der Waals surface area contributed by atoms with E-state index in [0.717, 1.165) is 30.0 Å². The topological polar surface area (TPSA) is 68.8 Å². The number of morpholine rings is 1. The predicted molar refractivity (Wildman–Crippen MR) is 84.0 cm³/mol. The van der Waals surface area contributed by atoms with Crippen LogP contribution in [0.1, 0.15) is 5.56 Å². The Morgan fingerprint density at radius 3 is 2.82 bits per heavy atom. The van der Waals surface area contributed by atoms with Crippen molar-refractivity contribution in [3.63, 3.8) is 0 Å². The van der Waals surface area contributed by atoms with Crippen LogP contribution in [0.15, 0.2) is 18.2 Å². The second-order valence-electron chi connectivity index (χ2n) is 5.08. The lowest BCUT2D eigenvalue weighted by Gasteiger charge is -2.22. The molecule has 1 saturated heterocycles. The molecule has 2 heterocycles. The van der Waals surface area contributed by atoms with Crippen LogP contribution in [0.4, 0.5) is 0 Å². The quantitative estimate of drug-likeness (QED) is 0.843. The fourth-order valence-electron chi connectivity index (χ4n) is 2.42. The van der Waals surface area contributed by atoms with Crippen molar-refractivity contribution in [1.82, 2.24) is 10.6 Å². The zero-order valence-electron chi connectivity index (χ0n) is 12.3. The summed E-state index contributed by atoms with van der Waals surface area (Å²) < 4.78 is 16.4. The van der Waals surface area contributed by atoms with E-state index in [1.54, 1.807) is 0 Å². The molecule has 1 unspecified atom stereocenters. The van der Waals surface area contributed by atoms with Gasteiger partial charge in [0.05, 0.1) is 6.61 Å². The first kappa shape index (κ1) is 16.9. The van der Waals surface area contributed by atoms with E-state index in [-0.39, 0.29) is 24.4 Å². The van der Waals surface area contributed by atoms with Gasteiger partial charge in [-0.15, -0.1) is 12.4 Å². The summed E-state index contributed by atoms with van der Waals surface area (Å²) in [7, 11) is 0. The SMILES string of the molecule is Cl.O=C(NCCc1ccc2c(c1)OCCO2)C1CNCCO1. The van der Waals surface area contributed by atoms with Gasteiger partial charge in [-0.1, -0.05) is 6.07 Å². The number of carbonyl (C=O) groups is 1. The van der Waals surface area contributed by atoms with Crippen LogP contribution in [0.2, 0.25) is 0 Å². The molecule has 0 aliphatic carbocycles. The summed E-state index contributed by atoms with van der Waals surface area (Å²) >= 11 is 0. The number of fused-ring (bicyclic) bond motifs is 1. The van der Waals surface area contributed by atoms with Gasteiger partial charge in [0, 0.05) is 19.6 Å². The third-order valence-electron chi connectivity index (χ3n) is 3.54. The van der Waals surface area contributed by atoms with Crippen molar-refractivity contribution in [2.45, 2.75) is 12.5 Å². The number of ether oxygens (including phenoxy) is 3. The molecular formula is C15H21ClN2O4. The van der Waals surface area contributed by atoms with E-state index in [1.165, 1.54) is 0 Å². The van der Waals surface area contributed by atoms with Crippen LogP contribution in [0.25, 0.3) is 0 Å². The molecule has 0 aromatic heterocycles. The second kappa shape index (κ2) is 8.22. The van der Waals surface area contributed by atoms with Crippen LogP contribution in [0, 0.1) is 0 Å². The number of halogens is 1. The third kappa shape index (κ3) is 4.25. The fourth-order valence-corrected chi connectivity index (χ4v) is 2.42. The summed E-state index contributed by atoms with van der Waals surface area (Å²) in [5.74, 6) is 1.51. The first-order valence-electron chi connectivity index (χ1n) is 7.31.